The highest BCUT2D eigenvalue weighted by molar-refractivity contribution is 9.10. The van der Waals surface area contributed by atoms with E-state index in [1.807, 2.05) is 12.1 Å². The molecule has 2 rings (SSSR count). The number of nitrogens with zero attached hydrogens (tertiary/aromatic N) is 2. The molecule has 3 nitrogen and oxygen atoms in total. The second-order valence-electron chi connectivity index (χ2n) is 3.86. The fourth-order valence-corrected chi connectivity index (χ4v) is 1.90. The second-order valence-corrected chi connectivity index (χ2v) is 4.77. The van der Waals surface area contributed by atoms with Gasteiger partial charge in [-0.05, 0) is 28.4 Å². The van der Waals surface area contributed by atoms with E-state index in [9.17, 15) is 4.39 Å². The predicted molar refractivity (Wildman–Crippen MR) is 63.4 cm³/mol. The van der Waals surface area contributed by atoms with E-state index in [1.54, 1.807) is 6.20 Å². The molecule has 5 heteroatoms. The Balaban J connectivity index is 1.71. The molecule has 0 bridgehead atoms. The number of hydrogen-bond acceptors (Lipinski definition) is 3. The maximum absolute atomic E-state index is 11.9. The first-order chi connectivity index (χ1) is 7.78. The molecule has 1 fully saturated rings. The summed E-state index contributed by atoms with van der Waals surface area (Å²) in [5, 5.41) is 0. The summed E-state index contributed by atoms with van der Waals surface area (Å²) in [6.45, 7) is 2.33. The number of hydrogen-bond donors (Lipinski definition) is 0. The Morgan fingerprint density at radius 3 is 2.94 bits per heavy atom. The van der Waals surface area contributed by atoms with Gasteiger partial charge in [-0.15, -0.1) is 0 Å². The molecule has 88 valence electrons. The van der Waals surface area contributed by atoms with Gasteiger partial charge in [0.05, 0.1) is 6.67 Å². The zero-order chi connectivity index (χ0) is 11.4. The third-order valence-electron chi connectivity index (χ3n) is 2.52. The highest BCUT2D eigenvalue weighted by Gasteiger charge is 2.27. The van der Waals surface area contributed by atoms with Crippen molar-refractivity contribution in [1.82, 2.24) is 9.88 Å². The van der Waals surface area contributed by atoms with Crippen LogP contribution < -0.4 is 4.74 Å². The highest BCUT2D eigenvalue weighted by Crippen LogP contribution is 2.17. The molecule has 0 saturated carbocycles. The lowest BCUT2D eigenvalue weighted by atomic mass is 10.1. The summed E-state index contributed by atoms with van der Waals surface area (Å²) in [6.07, 6.45) is 2.53. The van der Waals surface area contributed by atoms with Gasteiger partial charge < -0.3 is 4.74 Å². The van der Waals surface area contributed by atoms with Gasteiger partial charge in [0.15, 0.2) is 0 Å². The molecular formula is C11H14BrFN2O. The van der Waals surface area contributed by atoms with E-state index in [4.69, 9.17) is 4.74 Å². The minimum absolute atomic E-state index is 0.202. The molecular weight excluding hydrogens is 275 g/mol. The SMILES string of the molecule is FCCCN1CC(Oc2ccc(Br)cn2)C1. The van der Waals surface area contributed by atoms with Crippen molar-refractivity contribution in [2.24, 2.45) is 0 Å². The summed E-state index contributed by atoms with van der Waals surface area (Å²) in [4.78, 5) is 6.32. The Hall–Kier alpha value is -0.680. The van der Waals surface area contributed by atoms with Crippen LogP contribution in [0.3, 0.4) is 0 Å². The summed E-state index contributed by atoms with van der Waals surface area (Å²) in [5.74, 6) is 0.651. The van der Waals surface area contributed by atoms with Crippen molar-refractivity contribution in [1.29, 1.82) is 0 Å². The Morgan fingerprint density at radius 1 is 1.50 bits per heavy atom. The number of halogens is 2. The first kappa shape index (κ1) is 11.8. The van der Waals surface area contributed by atoms with Crippen molar-refractivity contribution >= 4 is 15.9 Å². The van der Waals surface area contributed by atoms with Crippen molar-refractivity contribution in [3.05, 3.63) is 22.8 Å². The van der Waals surface area contributed by atoms with Crippen LogP contribution in [0.15, 0.2) is 22.8 Å². The summed E-state index contributed by atoms with van der Waals surface area (Å²) in [6, 6.07) is 3.75. The molecule has 1 aliphatic heterocycles. The number of alkyl halides is 1. The van der Waals surface area contributed by atoms with E-state index in [2.05, 4.69) is 25.8 Å². The van der Waals surface area contributed by atoms with E-state index in [-0.39, 0.29) is 12.8 Å². The normalized spacial score (nSPS) is 17.1. The minimum Gasteiger partial charge on any atom is -0.472 e. The highest BCUT2D eigenvalue weighted by atomic mass is 79.9. The number of likely N-dealkylation sites (tertiary alicyclic amines) is 1. The van der Waals surface area contributed by atoms with Crippen LogP contribution in [0.1, 0.15) is 6.42 Å². The molecule has 16 heavy (non-hydrogen) atoms. The molecule has 0 N–H and O–H groups in total. The van der Waals surface area contributed by atoms with E-state index < -0.39 is 0 Å². The van der Waals surface area contributed by atoms with Gasteiger partial charge in [0.25, 0.3) is 0 Å². The van der Waals surface area contributed by atoms with Gasteiger partial charge in [0.1, 0.15) is 6.10 Å². The average Bonchev–Trinajstić information content (AvgIpc) is 2.24. The maximum Gasteiger partial charge on any atom is 0.213 e. The topological polar surface area (TPSA) is 25.4 Å². The third kappa shape index (κ3) is 3.15. The van der Waals surface area contributed by atoms with Crippen LogP contribution in [0.25, 0.3) is 0 Å². The number of ether oxygens (including phenoxy) is 1. The molecule has 0 aliphatic carbocycles. The van der Waals surface area contributed by atoms with Gasteiger partial charge in [-0.2, -0.15) is 0 Å². The molecule has 0 aromatic carbocycles. The van der Waals surface area contributed by atoms with E-state index in [1.165, 1.54) is 0 Å². The van der Waals surface area contributed by atoms with Gasteiger partial charge in [0.2, 0.25) is 5.88 Å². The average molecular weight is 289 g/mol. The van der Waals surface area contributed by atoms with E-state index in [0.29, 0.717) is 12.3 Å². The summed E-state index contributed by atoms with van der Waals surface area (Å²) >= 11 is 3.32. The maximum atomic E-state index is 11.9. The molecule has 0 radical (unpaired) electrons. The lowest BCUT2D eigenvalue weighted by molar-refractivity contribution is 0.0157. The van der Waals surface area contributed by atoms with Crippen LogP contribution in [0, 0.1) is 0 Å². The fraction of sp³-hybridized carbons (Fsp3) is 0.545. The molecule has 2 heterocycles. The van der Waals surface area contributed by atoms with Crippen LogP contribution in [0.2, 0.25) is 0 Å². The van der Waals surface area contributed by atoms with Crippen molar-refractivity contribution in [3.8, 4) is 5.88 Å². The third-order valence-corrected chi connectivity index (χ3v) is 2.99. The zero-order valence-electron chi connectivity index (χ0n) is 8.90. The van der Waals surface area contributed by atoms with Crippen LogP contribution in [0.4, 0.5) is 4.39 Å². The van der Waals surface area contributed by atoms with Crippen molar-refractivity contribution in [2.75, 3.05) is 26.3 Å². The smallest absolute Gasteiger partial charge is 0.213 e. The number of aromatic nitrogens is 1. The predicted octanol–water partition coefficient (Wildman–Crippen LogP) is 2.27. The van der Waals surface area contributed by atoms with Crippen LogP contribution in [-0.2, 0) is 0 Å². The lowest BCUT2D eigenvalue weighted by Crippen LogP contribution is -2.54. The largest absolute Gasteiger partial charge is 0.472 e. The Bertz CT molecular complexity index is 327. The number of rotatable bonds is 5. The molecule has 0 unspecified atom stereocenters. The first-order valence-electron chi connectivity index (χ1n) is 5.34. The Labute approximate surface area is 103 Å². The van der Waals surface area contributed by atoms with Gasteiger partial charge >= 0.3 is 0 Å². The number of pyridine rings is 1. The second kappa shape index (κ2) is 5.59. The Kier molecular flexibility index (Phi) is 4.12. The monoisotopic (exact) mass is 288 g/mol. The zero-order valence-corrected chi connectivity index (χ0v) is 10.5. The summed E-state index contributed by atoms with van der Waals surface area (Å²) in [7, 11) is 0. The molecule has 0 amide bonds. The van der Waals surface area contributed by atoms with Crippen molar-refractivity contribution < 1.29 is 9.13 Å². The minimum atomic E-state index is -0.240. The fourth-order valence-electron chi connectivity index (χ4n) is 1.67. The van der Waals surface area contributed by atoms with Crippen LogP contribution >= 0.6 is 15.9 Å². The molecule has 1 saturated heterocycles. The van der Waals surface area contributed by atoms with Crippen molar-refractivity contribution in [2.45, 2.75) is 12.5 Å². The van der Waals surface area contributed by atoms with Gasteiger partial charge in [0, 0.05) is 36.4 Å². The molecule has 0 spiro atoms. The molecule has 1 aromatic heterocycles. The lowest BCUT2D eigenvalue weighted by Gasteiger charge is -2.38. The van der Waals surface area contributed by atoms with Crippen LogP contribution in [0.5, 0.6) is 5.88 Å². The van der Waals surface area contributed by atoms with Gasteiger partial charge in [-0.1, -0.05) is 0 Å². The van der Waals surface area contributed by atoms with Crippen LogP contribution in [-0.4, -0.2) is 42.3 Å². The molecule has 1 aromatic rings. The summed E-state index contributed by atoms with van der Waals surface area (Å²) in [5.41, 5.74) is 0. The first-order valence-corrected chi connectivity index (χ1v) is 6.14. The van der Waals surface area contributed by atoms with Gasteiger partial charge in [-0.3, -0.25) is 9.29 Å². The summed E-state index contributed by atoms with van der Waals surface area (Å²) < 4.78 is 18.5. The standard InChI is InChI=1S/C11H14BrFN2O/c12-9-2-3-11(14-6-9)16-10-7-15(8-10)5-1-4-13/h2-3,6,10H,1,4-5,7-8H2. The van der Waals surface area contributed by atoms with Gasteiger partial charge in [-0.25, -0.2) is 4.98 Å². The Morgan fingerprint density at radius 2 is 2.31 bits per heavy atom. The molecule has 1 aliphatic rings. The van der Waals surface area contributed by atoms with E-state index >= 15 is 0 Å². The quantitative estimate of drug-likeness (QED) is 0.831. The molecule has 0 atom stereocenters. The van der Waals surface area contributed by atoms with E-state index in [0.717, 1.165) is 24.1 Å². The van der Waals surface area contributed by atoms with Crippen molar-refractivity contribution in [3.63, 3.8) is 0 Å².